The van der Waals surface area contributed by atoms with Gasteiger partial charge in [-0.25, -0.2) is 9.18 Å². The van der Waals surface area contributed by atoms with Crippen molar-refractivity contribution in [2.24, 2.45) is 0 Å². The van der Waals surface area contributed by atoms with Crippen molar-refractivity contribution in [2.75, 3.05) is 6.54 Å². The highest BCUT2D eigenvalue weighted by Gasteiger charge is 2.39. The SMILES string of the molecule is Cc1cc(C(=O)CN2C(=O)N[C@H](Cc3c[nH]c4ccccc34)C2=O)c(C)n1-c1ccc(F)cc1. The lowest BCUT2D eigenvalue weighted by Gasteiger charge is -2.13. The van der Waals surface area contributed by atoms with Crippen LogP contribution in [0.1, 0.15) is 27.3 Å². The van der Waals surface area contributed by atoms with Gasteiger partial charge in [0.2, 0.25) is 0 Å². The number of amides is 3. The second-order valence-corrected chi connectivity index (χ2v) is 8.51. The van der Waals surface area contributed by atoms with E-state index in [4.69, 9.17) is 0 Å². The molecule has 7 nitrogen and oxygen atoms in total. The standard InChI is InChI=1S/C26H23FN4O3/c1-15-11-21(16(2)31(15)19-9-7-18(27)8-10-19)24(32)14-30-25(33)23(29-26(30)34)12-17-13-28-22-6-4-3-5-20(17)22/h3-11,13,23,28H,12,14H2,1-2H3,(H,29,34)/t23-/m1/s1. The first-order chi connectivity index (χ1) is 16.3. The molecule has 4 aromatic rings. The van der Waals surface area contributed by atoms with Crippen molar-refractivity contribution in [3.05, 3.63) is 89.1 Å². The summed E-state index contributed by atoms with van der Waals surface area (Å²) in [6.45, 7) is 3.29. The van der Waals surface area contributed by atoms with Crippen LogP contribution in [0.15, 0.2) is 60.8 Å². The predicted molar refractivity (Wildman–Crippen MR) is 126 cm³/mol. The number of nitrogens with one attached hydrogen (secondary N) is 2. The van der Waals surface area contributed by atoms with Gasteiger partial charge >= 0.3 is 6.03 Å². The minimum atomic E-state index is -0.730. The zero-order valence-electron chi connectivity index (χ0n) is 18.8. The van der Waals surface area contributed by atoms with Gasteiger partial charge in [0.05, 0.1) is 6.54 Å². The molecule has 5 rings (SSSR count). The van der Waals surface area contributed by atoms with E-state index in [-0.39, 0.29) is 18.1 Å². The van der Waals surface area contributed by atoms with Crippen molar-refractivity contribution >= 4 is 28.6 Å². The fourth-order valence-corrected chi connectivity index (χ4v) is 4.65. The molecule has 2 aromatic heterocycles. The highest BCUT2D eigenvalue weighted by atomic mass is 19.1. The summed E-state index contributed by atoms with van der Waals surface area (Å²) in [5.41, 5.74) is 4.48. The fourth-order valence-electron chi connectivity index (χ4n) is 4.65. The third-order valence-electron chi connectivity index (χ3n) is 6.32. The first kappa shape index (κ1) is 21.6. The van der Waals surface area contributed by atoms with Crippen LogP contribution in [0.2, 0.25) is 0 Å². The Hall–Kier alpha value is -4.20. The molecule has 1 aliphatic rings. The third kappa shape index (κ3) is 3.67. The quantitative estimate of drug-likeness (QED) is 0.337. The van der Waals surface area contributed by atoms with E-state index >= 15 is 0 Å². The molecule has 3 amide bonds. The van der Waals surface area contributed by atoms with Crippen molar-refractivity contribution in [3.63, 3.8) is 0 Å². The van der Waals surface area contributed by atoms with Crippen molar-refractivity contribution in [1.29, 1.82) is 0 Å². The van der Waals surface area contributed by atoms with Crippen LogP contribution in [0.3, 0.4) is 0 Å². The molecule has 0 saturated carbocycles. The van der Waals surface area contributed by atoms with Crippen LogP contribution in [0.25, 0.3) is 16.6 Å². The summed E-state index contributed by atoms with van der Waals surface area (Å²) >= 11 is 0. The van der Waals surface area contributed by atoms with Crippen LogP contribution in [-0.2, 0) is 11.2 Å². The Bertz CT molecular complexity index is 1430. The Morgan fingerprint density at radius 1 is 1.06 bits per heavy atom. The number of Topliss-reactive ketones (excluding diaryl/α,β-unsaturated/α-hetero) is 1. The summed E-state index contributed by atoms with van der Waals surface area (Å²) in [6.07, 6.45) is 2.17. The number of imide groups is 1. The number of aromatic amines is 1. The highest BCUT2D eigenvalue weighted by Crippen LogP contribution is 2.24. The Morgan fingerprint density at radius 3 is 2.56 bits per heavy atom. The monoisotopic (exact) mass is 458 g/mol. The zero-order valence-corrected chi connectivity index (χ0v) is 18.8. The number of fused-ring (bicyclic) bond motifs is 1. The number of carbonyl (C=O) groups excluding carboxylic acids is 3. The van der Waals surface area contributed by atoms with E-state index in [1.54, 1.807) is 25.1 Å². The van der Waals surface area contributed by atoms with Gasteiger partial charge in [-0.05, 0) is 55.8 Å². The number of rotatable bonds is 6. The summed E-state index contributed by atoms with van der Waals surface area (Å²) in [5, 5.41) is 3.70. The van der Waals surface area contributed by atoms with Gasteiger partial charge in [0.25, 0.3) is 5.91 Å². The Balaban J connectivity index is 1.34. The van der Waals surface area contributed by atoms with Crippen molar-refractivity contribution in [2.45, 2.75) is 26.3 Å². The summed E-state index contributed by atoms with van der Waals surface area (Å²) in [5.74, 6) is -1.10. The van der Waals surface area contributed by atoms with E-state index in [0.717, 1.165) is 32.7 Å². The molecule has 34 heavy (non-hydrogen) atoms. The lowest BCUT2D eigenvalue weighted by atomic mass is 10.0. The van der Waals surface area contributed by atoms with Gasteiger partial charge < -0.3 is 14.9 Å². The second kappa shape index (κ2) is 8.30. The van der Waals surface area contributed by atoms with Crippen molar-refractivity contribution < 1.29 is 18.8 Å². The van der Waals surface area contributed by atoms with E-state index in [1.807, 2.05) is 42.0 Å². The number of nitrogens with zero attached hydrogens (tertiary/aromatic N) is 2. The maximum Gasteiger partial charge on any atom is 0.325 e. The lowest BCUT2D eigenvalue weighted by molar-refractivity contribution is -0.127. The first-order valence-corrected chi connectivity index (χ1v) is 11.0. The summed E-state index contributed by atoms with van der Waals surface area (Å²) in [7, 11) is 0. The number of hydrogen-bond acceptors (Lipinski definition) is 3. The van der Waals surface area contributed by atoms with E-state index in [1.165, 1.54) is 12.1 Å². The fraction of sp³-hybridized carbons (Fsp3) is 0.192. The summed E-state index contributed by atoms with van der Waals surface area (Å²) in [6, 6.07) is 14.2. The number of carbonyl (C=O) groups is 3. The maximum absolute atomic E-state index is 13.3. The number of urea groups is 1. The van der Waals surface area contributed by atoms with Crippen LogP contribution in [0.5, 0.6) is 0 Å². The molecule has 2 N–H and O–H groups in total. The Labute approximate surface area is 195 Å². The predicted octanol–water partition coefficient (Wildman–Crippen LogP) is 4.06. The molecule has 1 saturated heterocycles. The first-order valence-electron chi connectivity index (χ1n) is 11.0. The molecular weight excluding hydrogens is 435 g/mol. The topological polar surface area (TPSA) is 87.2 Å². The minimum absolute atomic E-state index is 0.332. The molecule has 1 atom stereocenters. The average molecular weight is 458 g/mol. The number of halogens is 1. The van der Waals surface area contributed by atoms with Gasteiger partial charge in [0.15, 0.2) is 5.78 Å². The van der Waals surface area contributed by atoms with Crippen molar-refractivity contribution in [3.8, 4) is 5.69 Å². The number of H-pyrrole nitrogens is 1. The normalized spacial score (nSPS) is 15.9. The molecule has 1 fully saturated rings. The molecule has 3 heterocycles. The molecule has 2 aromatic carbocycles. The molecule has 0 aliphatic carbocycles. The molecule has 0 unspecified atom stereocenters. The molecule has 0 bridgehead atoms. The molecule has 8 heteroatoms. The summed E-state index contributed by atoms with van der Waals surface area (Å²) in [4.78, 5) is 42.8. The number of para-hydroxylation sites is 1. The highest BCUT2D eigenvalue weighted by molar-refractivity contribution is 6.09. The van der Waals surface area contributed by atoms with Gasteiger partial charge in [0, 0.05) is 46.2 Å². The van der Waals surface area contributed by atoms with Crippen LogP contribution in [0.4, 0.5) is 9.18 Å². The minimum Gasteiger partial charge on any atom is -0.361 e. The van der Waals surface area contributed by atoms with Gasteiger partial charge in [0.1, 0.15) is 11.9 Å². The van der Waals surface area contributed by atoms with E-state index in [2.05, 4.69) is 10.3 Å². The van der Waals surface area contributed by atoms with E-state index < -0.39 is 18.0 Å². The zero-order chi connectivity index (χ0) is 24.0. The number of benzene rings is 2. The van der Waals surface area contributed by atoms with E-state index in [9.17, 15) is 18.8 Å². The largest absolute Gasteiger partial charge is 0.361 e. The lowest BCUT2D eigenvalue weighted by Crippen LogP contribution is -2.36. The Kier molecular flexibility index (Phi) is 5.28. The number of hydrogen-bond donors (Lipinski definition) is 2. The van der Waals surface area contributed by atoms with Gasteiger partial charge in [-0.2, -0.15) is 0 Å². The molecule has 0 radical (unpaired) electrons. The van der Waals surface area contributed by atoms with Crippen LogP contribution < -0.4 is 5.32 Å². The molecular formula is C26H23FN4O3. The third-order valence-corrected chi connectivity index (χ3v) is 6.32. The number of ketones is 1. The summed E-state index contributed by atoms with van der Waals surface area (Å²) < 4.78 is 15.2. The average Bonchev–Trinajstić information content (AvgIpc) is 3.45. The maximum atomic E-state index is 13.3. The molecule has 1 aliphatic heterocycles. The van der Waals surface area contributed by atoms with Crippen molar-refractivity contribution in [1.82, 2.24) is 19.8 Å². The van der Waals surface area contributed by atoms with E-state index in [0.29, 0.717) is 17.7 Å². The van der Waals surface area contributed by atoms with Gasteiger partial charge in [-0.3, -0.25) is 14.5 Å². The molecule has 0 spiro atoms. The van der Waals surface area contributed by atoms with Crippen LogP contribution in [0, 0.1) is 19.7 Å². The van der Waals surface area contributed by atoms with Gasteiger partial charge in [-0.15, -0.1) is 0 Å². The van der Waals surface area contributed by atoms with Crippen LogP contribution >= 0.6 is 0 Å². The number of aromatic nitrogens is 2. The Morgan fingerprint density at radius 2 is 1.79 bits per heavy atom. The molecule has 172 valence electrons. The number of aryl methyl sites for hydroxylation is 1. The van der Waals surface area contributed by atoms with Gasteiger partial charge in [-0.1, -0.05) is 18.2 Å². The smallest absolute Gasteiger partial charge is 0.325 e. The second-order valence-electron chi connectivity index (χ2n) is 8.51. The van der Waals surface area contributed by atoms with Crippen LogP contribution in [-0.4, -0.2) is 44.8 Å².